The summed E-state index contributed by atoms with van der Waals surface area (Å²) in [6.45, 7) is 4.95. The molecule has 1 aliphatic carbocycles. The second-order valence-electron chi connectivity index (χ2n) is 5.44. The summed E-state index contributed by atoms with van der Waals surface area (Å²) in [6.07, 6.45) is 8.22. The summed E-state index contributed by atoms with van der Waals surface area (Å²) in [5.74, 6) is 0. The molecule has 1 fully saturated rings. The Balaban J connectivity index is 2.11. The van der Waals surface area contributed by atoms with Crippen molar-refractivity contribution < 1.29 is 0 Å². The van der Waals surface area contributed by atoms with Gasteiger partial charge in [-0.1, -0.05) is 25.0 Å². The highest BCUT2D eigenvalue weighted by Gasteiger charge is 2.38. The lowest BCUT2D eigenvalue weighted by atomic mass is 9.94. The van der Waals surface area contributed by atoms with E-state index in [4.69, 9.17) is 5.73 Å². The quantitative estimate of drug-likeness (QED) is 0.828. The number of rotatable bonds is 6. The molecule has 0 spiro atoms. The highest BCUT2D eigenvalue weighted by molar-refractivity contribution is 5.00. The predicted octanol–water partition coefficient (Wildman–Crippen LogP) is 1.30. The van der Waals surface area contributed by atoms with E-state index >= 15 is 0 Å². The number of nitrogens with two attached hydrogens (primary N) is 1. The van der Waals surface area contributed by atoms with Gasteiger partial charge in [-0.2, -0.15) is 0 Å². The minimum Gasteiger partial charge on any atom is -0.329 e. The molecule has 18 heavy (non-hydrogen) atoms. The Bertz CT molecular complexity index is 367. The molecule has 0 atom stereocenters. The SMILES string of the molecule is CCCN(Cc1cn(C)nn1)C1(CN)CCCC1. The number of hydrogen-bond acceptors (Lipinski definition) is 4. The first-order chi connectivity index (χ1) is 8.70. The molecule has 0 saturated heterocycles. The largest absolute Gasteiger partial charge is 0.329 e. The van der Waals surface area contributed by atoms with Crippen LogP contribution in [0.25, 0.3) is 0 Å². The molecule has 1 aromatic heterocycles. The standard InChI is InChI=1S/C13H25N5/c1-3-8-18(10-12-9-17(2)16-15-12)13(11-14)6-4-5-7-13/h9H,3-8,10-11,14H2,1-2H3. The summed E-state index contributed by atoms with van der Waals surface area (Å²) in [5, 5.41) is 8.22. The van der Waals surface area contributed by atoms with Crippen molar-refractivity contribution >= 4 is 0 Å². The van der Waals surface area contributed by atoms with Gasteiger partial charge >= 0.3 is 0 Å². The fraction of sp³-hybridized carbons (Fsp3) is 0.846. The first kappa shape index (κ1) is 13.5. The Labute approximate surface area is 109 Å². The van der Waals surface area contributed by atoms with Gasteiger partial charge in [-0.15, -0.1) is 5.10 Å². The molecule has 5 heteroatoms. The smallest absolute Gasteiger partial charge is 0.0967 e. The van der Waals surface area contributed by atoms with E-state index in [2.05, 4.69) is 22.1 Å². The van der Waals surface area contributed by atoms with Gasteiger partial charge in [0.2, 0.25) is 0 Å². The lowest BCUT2D eigenvalue weighted by Crippen LogP contribution is -2.51. The third-order valence-corrected chi connectivity index (χ3v) is 4.08. The lowest BCUT2D eigenvalue weighted by Gasteiger charge is -2.40. The van der Waals surface area contributed by atoms with Gasteiger partial charge in [0.15, 0.2) is 0 Å². The molecule has 0 amide bonds. The second kappa shape index (κ2) is 5.80. The molecule has 1 aromatic rings. The number of aryl methyl sites for hydroxylation is 1. The van der Waals surface area contributed by atoms with Gasteiger partial charge in [-0.05, 0) is 25.8 Å². The van der Waals surface area contributed by atoms with E-state index in [-0.39, 0.29) is 5.54 Å². The number of hydrogen-bond donors (Lipinski definition) is 1. The second-order valence-corrected chi connectivity index (χ2v) is 5.44. The molecule has 0 unspecified atom stereocenters. The van der Waals surface area contributed by atoms with Gasteiger partial charge < -0.3 is 5.73 Å². The van der Waals surface area contributed by atoms with E-state index in [9.17, 15) is 0 Å². The topological polar surface area (TPSA) is 60.0 Å². The van der Waals surface area contributed by atoms with Crippen LogP contribution in [0.1, 0.15) is 44.7 Å². The number of nitrogens with zero attached hydrogens (tertiary/aromatic N) is 4. The molecular formula is C13H25N5. The Morgan fingerprint density at radius 1 is 1.44 bits per heavy atom. The van der Waals surface area contributed by atoms with Crippen LogP contribution in [0.2, 0.25) is 0 Å². The maximum atomic E-state index is 6.08. The van der Waals surface area contributed by atoms with Crippen molar-refractivity contribution in [2.45, 2.75) is 51.1 Å². The molecule has 1 aliphatic rings. The normalized spacial score (nSPS) is 18.7. The van der Waals surface area contributed by atoms with Gasteiger partial charge in [0.05, 0.1) is 5.69 Å². The molecule has 2 N–H and O–H groups in total. The van der Waals surface area contributed by atoms with Crippen molar-refractivity contribution in [2.75, 3.05) is 13.1 Å². The first-order valence-electron chi connectivity index (χ1n) is 7.00. The zero-order valence-electron chi connectivity index (χ0n) is 11.6. The van der Waals surface area contributed by atoms with Crippen LogP contribution >= 0.6 is 0 Å². The van der Waals surface area contributed by atoms with E-state index in [1.54, 1.807) is 4.68 Å². The first-order valence-corrected chi connectivity index (χ1v) is 7.00. The van der Waals surface area contributed by atoms with Gasteiger partial charge in [-0.3, -0.25) is 9.58 Å². The fourth-order valence-corrected chi connectivity index (χ4v) is 3.10. The van der Waals surface area contributed by atoms with Crippen molar-refractivity contribution in [1.82, 2.24) is 19.9 Å². The molecule has 5 nitrogen and oxygen atoms in total. The Morgan fingerprint density at radius 2 is 2.17 bits per heavy atom. The molecule has 102 valence electrons. The van der Waals surface area contributed by atoms with Crippen LogP contribution in [0.5, 0.6) is 0 Å². The van der Waals surface area contributed by atoms with E-state index in [1.165, 1.54) is 25.7 Å². The maximum Gasteiger partial charge on any atom is 0.0967 e. The van der Waals surface area contributed by atoms with Gasteiger partial charge in [0, 0.05) is 31.9 Å². The zero-order valence-corrected chi connectivity index (χ0v) is 11.6. The summed E-state index contributed by atoms with van der Waals surface area (Å²) in [5.41, 5.74) is 7.32. The third kappa shape index (κ3) is 2.72. The van der Waals surface area contributed by atoms with Crippen molar-refractivity contribution in [3.05, 3.63) is 11.9 Å². The van der Waals surface area contributed by atoms with Crippen molar-refractivity contribution in [3.63, 3.8) is 0 Å². The van der Waals surface area contributed by atoms with E-state index in [1.807, 2.05) is 13.2 Å². The summed E-state index contributed by atoms with van der Waals surface area (Å²) in [4.78, 5) is 2.53. The van der Waals surface area contributed by atoms with Crippen molar-refractivity contribution in [2.24, 2.45) is 12.8 Å². The van der Waals surface area contributed by atoms with Crippen LogP contribution in [0.4, 0.5) is 0 Å². The Hall–Kier alpha value is -0.940. The minimum atomic E-state index is 0.202. The van der Waals surface area contributed by atoms with Crippen LogP contribution in [-0.4, -0.2) is 38.5 Å². The van der Waals surface area contributed by atoms with Crippen LogP contribution in [-0.2, 0) is 13.6 Å². The number of aromatic nitrogens is 3. The van der Waals surface area contributed by atoms with E-state index < -0.39 is 0 Å². The third-order valence-electron chi connectivity index (χ3n) is 4.08. The molecule has 2 rings (SSSR count). The van der Waals surface area contributed by atoms with Crippen LogP contribution in [0.3, 0.4) is 0 Å². The molecule has 1 heterocycles. The molecule has 0 aromatic carbocycles. The van der Waals surface area contributed by atoms with Crippen LogP contribution in [0.15, 0.2) is 6.20 Å². The highest BCUT2D eigenvalue weighted by atomic mass is 15.4. The molecule has 0 aliphatic heterocycles. The fourth-order valence-electron chi connectivity index (χ4n) is 3.10. The van der Waals surface area contributed by atoms with Crippen LogP contribution in [0, 0.1) is 0 Å². The lowest BCUT2D eigenvalue weighted by molar-refractivity contribution is 0.0889. The highest BCUT2D eigenvalue weighted by Crippen LogP contribution is 2.35. The van der Waals surface area contributed by atoms with Gasteiger partial charge in [-0.25, -0.2) is 0 Å². The molecule has 0 bridgehead atoms. The Morgan fingerprint density at radius 3 is 2.67 bits per heavy atom. The van der Waals surface area contributed by atoms with Crippen LogP contribution < -0.4 is 5.73 Å². The predicted molar refractivity (Wildman–Crippen MR) is 72.0 cm³/mol. The van der Waals surface area contributed by atoms with Crippen molar-refractivity contribution in [3.8, 4) is 0 Å². The zero-order chi connectivity index (χ0) is 13.0. The van der Waals surface area contributed by atoms with E-state index in [0.29, 0.717) is 0 Å². The summed E-state index contributed by atoms with van der Waals surface area (Å²) in [7, 11) is 1.91. The molecule has 0 radical (unpaired) electrons. The Kier molecular flexibility index (Phi) is 4.35. The molecular weight excluding hydrogens is 226 g/mol. The van der Waals surface area contributed by atoms with Crippen molar-refractivity contribution in [1.29, 1.82) is 0 Å². The average Bonchev–Trinajstić information content (AvgIpc) is 2.98. The van der Waals surface area contributed by atoms with Gasteiger partial charge in [0.25, 0.3) is 0 Å². The summed E-state index contributed by atoms with van der Waals surface area (Å²) < 4.78 is 1.77. The summed E-state index contributed by atoms with van der Waals surface area (Å²) >= 11 is 0. The molecule has 1 saturated carbocycles. The van der Waals surface area contributed by atoms with Gasteiger partial charge in [0.1, 0.15) is 0 Å². The average molecular weight is 251 g/mol. The summed E-state index contributed by atoms with van der Waals surface area (Å²) in [6, 6.07) is 0. The monoisotopic (exact) mass is 251 g/mol. The minimum absolute atomic E-state index is 0.202. The van der Waals surface area contributed by atoms with E-state index in [0.717, 1.165) is 31.7 Å². The maximum absolute atomic E-state index is 6.08.